The van der Waals surface area contributed by atoms with Crippen molar-refractivity contribution in [3.63, 3.8) is 0 Å². The van der Waals surface area contributed by atoms with E-state index in [0.29, 0.717) is 13.1 Å². The lowest BCUT2D eigenvalue weighted by Crippen LogP contribution is -2.43. The number of aliphatic hydroxyl groups is 1. The number of carbonyl (C=O) groups excluding carboxylic acids is 1. The minimum absolute atomic E-state index is 0.106. The Kier molecular flexibility index (Phi) is 5.59. The number of likely N-dealkylation sites (N-methyl/N-ethyl adjacent to an activating group) is 1. The van der Waals surface area contributed by atoms with Crippen LogP contribution in [0.15, 0.2) is 24.3 Å². The van der Waals surface area contributed by atoms with Gasteiger partial charge < -0.3 is 14.7 Å². The Morgan fingerprint density at radius 3 is 2.81 bits per heavy atom. The van der Waals surface area contributed by atoms with E-state index in [2.05, 4.69) is 4.90 Å². The molecule has 5 nitrogen and oxygen atoms in total. The second kappa shape index (κ2) is 7.43. The van der Waals surface area contributed by atoms with Crippen LogP contribution in [-0.4, -0.2) is 60.7 Å². The van der Waals surface area contributed by atoms with Crippen LogP contribution >= 0.6 is 0 Å². The first kappa shape index (κ1) is 15.8. The molecule has 21 heavy (non-hydrogen) atoms. The van der Waals surface area contributed by atoms with E-state index in [4.69, 9.17) is 4.74 Å². The Hall–Kier alpha value is -1.59. The van der Waals surface area contributed by atoms with Crippen molar-refractivity contribution in [2.45, 2.75) is 25.5 Å². The van der Waals surface area contributed by atoms with Crippen LogP contribution in [0.5, 0.6) is 5.75 Å². The number of likely N-dealkylation sites (tertiary alicyclic amines) is 1. The van der Waals surface area contributed by atoms with Gasteiger partial charge in [-0.15, -0.1) is 0 Å². The maximum atomic E-state index is 12.2. The summed E-state index contributed by atoms with van der Waals surface area (Å²) in [6.07, 6.45) is 1.31. The average Bonchev–Trinajstić information content (AvgIpc) is 2.49. The number of carbonyl (C=O) groups is 1. The summed E-state index contributed by atoms with van der Waals surface area (Å²) in [5.41, 5.74) is 1.05. The molecule has 1 aliphatic rings. The Morgan fingerprint density at radius 1 is 1.43 bits per heavy atom. The second-order valence-electron chi connectivity index (χ2n) is 5.61. The molecule has 0 radical (unpaired) electrons. The van der Waals surface area contributed by atoms with Gasteiger partial charge in [-0.1, -0.05) is 12.1 Å². The van der Waals surface area contributed by atoms with Crippen molar-refractivity contribution >= 4 is 5.91 Å². The highest BCUT2D eigenvalue weighted by molar-refractivity contribution is 5.78. The fourth-order valence-electron chi connectivity index (χ4n) is 2.52. The van der Waals surface area contributed by atoms with Gasteiger partial charge >= 0.3 is 0 Å². The molecule has 1 N–H and O–H groups in total. The quantitative estimate of drug-likeness (QED) is 0.883. The van der Waals surface area contributed by atoms with Crippen molar-refractivity contribution in [3.8, 4) is 5.75 Å². The Morgan fingerprint density at radius 2 is 2.14 bits per heavy atom. The van der Waals surface area contributed by atoms with Crippen molar-refractivity contribution in [2.75, 3.05) is 33.8 Å². The molecule has 1 heterocycles. The van der Waals surface area contributed by atoms with Crippen LogP contribution in [0, 0.1) is 0 Å². The number of nitrogens with zero attached hydrogens (tertiary/aromatic N) is 2. The third kappa shape index (κ3) is 4.72. The number of aliphatic hydroxyl groups excluding tert-OH is 1. The molecular weight excluding hydrogens is 268 g/mol. The predicted octanol–water partition coefficient (Wildman–Crippen LogP) is 1.11. The van der Waals surface area contributed by atoms with Crippen molar-refractivity contribution in [2.24, 2.45) is 0 Å². The average molecular weight is 292 g/mol. The minimum atomic E-state index is -0.203. The summed E-state index contributed by atoms with van der Waals surface area (Å²) in [5, 5.41) is 9.48. The van der Waals surface area contributed by atoms with Gasteiger partial charge in [-0.3, -0.25) is 9.69 Å². The van der Waals surface area contributed by atoms with E-state index in [-0.39, 0.29) is 12.0 Å². The third-order valence-electron chi connectivity index (χ3n) is 3.90. The van der Waals surface area contributed by atoms with Gasteiger partial charge in [0.05, 0.1) is 19.8 Å². The van der Waals surface area contributed by atoms with E-state index in [1.807, 2.05) is 31.3 Å². The lowest BCUT2D eigenvalue weighted by atomic mass is 10.1. The van der Waals surface area contributed by atoms with Gasteiger partial charge in [-0.05, 0) is 30.5 Å². The summed E-state index contributed by atoms with van der Waals surface area (Å²) in [6, 6.07) is 7.76. The number of rotatable bonds is 5. The molecule has 0 spiro atoms. The zero-order valence-electron chi connectivity index (χ0n) is 12.8. The summed E-state index contributed by atoms with van der Waals surface area (Å²) in [7, 11) is 3.46. The topological polar surface area (TPSA) is 53.0 Å². The van der Waals surface area contributed by atoms with E-state index < -0.39 is 0 Å². The van der Waals surface area contributed by atoms with Gasteiger partial charge in [0.1, 0.15) is 5.75 Å². The summed E-state index contributed by atoms with van der Waals surface area (Å²) < 4.78 is 5.19. The predicted molar refractivity (Wildman–Crippen MR) is 81.1 cm³/mol. The summed E-state index contributed by atoms with van der Waals surface area (Å²) >= 11 is 0. The zero-order valence-corrected chi connectivity index (χ0v) is 12.8. The number of ether oxygens (including phenoxy) is 1. The molecule has 0 atom stereocenters. The molecule has 1 aromatic rings. The standard InChI is InChI=1S/C16H24N2O3/c1-17(11-13-4-3-5-15(10-13)21-2)16(20)12-18-8-6-14(19)7-9-18/h3-5,10,14,19H,6-9,11-12H2,1-2H3. The van der Waals surface area contributed by atoms with Gasteiger partial charge in [0, 0.05) is 26.7 Å². The van der Waals surface area contributed by atoms with E-state index >= 15 is 0 Å². The molecule has 5 heteroatoms. The highest BCUT2D eigenvalue weighted by Gasteiger charge is 2.20. The van der Waals surface area contributed by atoms with Crippen molar-refractivity contribution in [1.82, 2.24) is 9.80 Å². The molecule has 0 unspecified atom stereocenters. The molecule has 1 fully saturated rings. The summed E-state index contributed by atoms with van der Waals surface area (Å²) in [5.74, 6) is 0.910. The lowest BCUT2D eigenvalue weighted by Gasteiger charge is -2.30. The van der Waals surface area contributed by atoms with E-state index in [0.717, 1.165) is 37.2 Å². The molecule has 0 saturated carbocycles. The Balaban J connectivity index is 1.84. The molecule has 1 saturated heterocycles. The SMILES string of the molecule is COc1cccc(CN(C)C(=O)CN2CCC(O)CC2)c1. The van der Waals surface area contributed by atoms with Gasteiger partial charge in [-0.25, -0.2) is 0 Å². The Bertz CT molecular complexity index is 470. The van der Waals surface area contributed by atoms with Gasteiger partial charge in [0.2, 0.25) is 5.91 Å². The monoisotopic (exact) mass is 292 g/mol. The van der Waals surface area contributed by atoms with Crippen molar-refractivity contribution < 1.29 is 14.6 Å². The largest absolute Gasteiger partial charge is 0.497 e. The highest BCUT2D eigenvalue weighted by Crippen LogP contribution is 2.14. The van der Waals surface area contributed by atoms with Gasteiger partial charge in [0.15, 0.2) is 0 Å². The summed E-state index contributed by atoms with van der Waals surface area (Å²) in [6.45, 7) is 2.58. The van der Waals surface area contributed by atoms with Crippen LogP contribution in [0.4, 0.5) is 0 Å². The fraction of sp³-hybridized carbons (Fsp3) is 0.562. The van der Waals surface area contributed by atoms with Gasteiger partial charge in [-0.2, -0.15) is 0 Å². The molecule has 1 amide bonds. The van der Waals surface area contributed by atoms with E-state index in [1.54, 1.807) is 12.0 Å². The number of methoxy groups -OCH3 is 1. The molecule has 0 aliphatic carbocycles. The van der Waals surface area contributed by atoms with Crippen molar-refractivity contribution in [1.29, 1.82) is 0 Å². The second-order valence-corrected chi connectivity index (χ2v) is 5.61. The maximum absolute atomic E-state index is 12.2. The van der Waals surface area contributed by atoms with E-state index in [1.165, 1.54) is 0 Å². The van der Waals surface area contributed by atoms with Crippen LogP contribution in [0.1, 0.15) is 18.4 Å². The number of benzene rings is 1. The molecular formula is C16H24N2O3. The Labute approximate surface area is 126 Å². The van der Waals surface area contributed by atoms with Crippen LogP contribution in [0.25, 0.3) is 0 Å². The molecule has 0 bridgehead atoms. The third-order valence-corrected chi connectivity index (χ3v) is 3.90. The number of amides is 1. The number of piperidine rings is 1. The van der Waals surface area contributed by atoms with Crippen LogP contribution < -0.4 is 4.74 Å². The molecule has 2 rings (SSSR count). The zero-order chi connectivity index (χ0) is 15.2. The van der Waals surface area contributed by atoms with Crippen molar-refractivity contribution in [3.05, 3.63) is 29.8 Å². The summed E-state index contributed by atoms with van der Waals surface area (Å²) in [4.78, 5) is 16.1. The maximum Gasteiger partial charge on any atom is 0.236 e. The molecule has 0 aromatic heterocycles. The molecule has 1 aromatic carbocycles. The first-order chi connectivity index (χ1) is 10.1. The van der Waals surface area contributed by atoms with Gasteiger partial charge in [0.25, 0.3) is 0 Å². The van der Waals surface area contributed by atoms with Crippen LogP contribution in [-0.2, 0) is 11.3 Å². The van der Waals surface area contributed by atoms with E-state index in [9.17, 15) is 9.90 Å². The highest BCUT2D eigenvalue weighted by atomic mass is 16.5. The normalized spacial score (nSPS) is 16.7. The minimum Gasteiger partial charge on any atom is -0.497 e. The first-order valence-electron chi connectivity index (χ1n) is 7.36. The number of hydrogen-bond acceptors (Lipinski definition) is 4. The molecule has 116 valence electrons. The molecule has 1 aliphatic heterocycles. The first-order valence-corrected chi connectivity index (χ1v) is 7.36. The smallest absolute Gasteiger partial charge is 0.236 e. The van der Waals surface area contributed by atoms with Crippen LogP contribution in [0.3, 0.4) is 0 Å². The van der Waals surface area contributed by atoms with Crippen LogP contribution in [0.2, 0.25) is 0 Å². The number of hydrogen-bond donors (Lipinski definition) is 1. The fourth-order valence-corrected chi connectivity index (χ4v) is 2.52. The lowest BCUT2D eigenvalue weighted by molar-refractivity contribution is -0.132.